The van der Waals surface area contributed by atoms with Crippen LogP contribution in [0.3, 0.4) is 0 Å². The molecule has 86 valence electrons. The highest BCUT2D eigenvalue weighted by Gasteiger charge is 2.06. The van der Waals surface area contributed by atoms with E-state index >= 15 is 0 Å². The summed E-state index contributed by atoms with van der Waals surface area (Å²) in [6, 6.07) is 5.11. The first-order valence-electron chi connectivity index (χ1n) is 4.85. The lowest BCUT2D eigenvalue weighted by Crippen LogP contribution is -2.04. The molecule has 0 radical (unpaired) electrons. The summed E-state index contributed by atoms with van der Waals surface area (Å²) in [4.78, 5) is 11.4. The maximum atomic E-state index is 11.4. The molecular formula is C12H12Cl2O2. The van der Waals surface area contributed by atoms with Crippen molar-refractivity contribution in [1.82, 2.24) is 0 Å². The standard InChI is InChI=1S/C12H12Cl2O2/c1-3-16-12(15)8(2)6-9-4-5-10(13)7-11(9)14/h4-7H,3H2,1-2H3. The average Bonchev–Trinajstić information content (AvgIpc) is 2.22. The third kappa shape index (κ3) is 3.54. The third-order valence-corrected chi connectivity index (χ3v) is 2.49. The molecule has 0 amide bonds. The minimum Gasteiger partial charge on any atom is -0.463 e. The predicted octanol–water partition coefficient (Wildman–Crippen LogP) is 3.96. The number of carbonyl (C=O) groups is 1. The zero-order valence-corrected chi connectivity index (χ0v) is 10.6. The van der Waals surface area contributed by atoms with Gasteiger partial charge in [0.1, 0.15) is 0 Å². The largest absolute Gasteiger partial charge is 0.463 e. The summed E-state index contributed by atoms with van der Waals surface area (Å²) >= 11 is 11.7. The quantitative estimate of drug-likeness (QED) is 0.606. The Morgan fingerprint density at radius 1 is 1.44 bits per heavy atom. The molecule has 1 aromatic carbocycles. The molecule has 1 rings (SSSR count). The van der Waals surface area contributed by atoms with Crippen LogP contribution in [0.15, 0.2) is 23.8 Å². The van der Waals surface area contributed by atoms with Crippen LogP contribution in [0, 0.1) is 0 Å². The Hall–Kier alpha value is -0.990. The van der Waals surface area contributed by atoms with Gasteiger partial charge in [-0.25, -0.2) is 4.79 Å². The van der Waals surface area contributed by atoms with Gasteiger partial charge in [0, 0.05) is 15.6 Å². The van der Waals surface area contributed by atoms with Gasteiger partial charge in [0.2, 0.25) is 0 Å². The number of ether oxygens (including phenoxy) is 1. The smallest absolute Gasteiger partial charge is 0.333 e. The van der Waals surface area contributed by atoms with E-state index in [0.717, 1.165) is 5.56 Å². The molecule has 0 aliphatic carbocycles. The van der Waals surface area contributed by atoms with Gasteiger partial charge in [-0.2, -0.15) is 0 Å². The molecule has 0 saturated carbocycles. The third-order valence-electron chi connectivity index (χ3n) is 1.93. The van der Waals surface area contributed by atoms with E-state index in [1.165, 1.54) is 0 Å². The fourth-order valence-electron chi connectivity index (χ4n) is 1.16. The zero-order chi connectivity index (χ0) is 12.1. The van der Waals surface area contributed by atoms with Crippen LogP contribution in [0.25, 0.3) is 6.08 Å². The number of hydrogen-bond donors (Lipinski definition) is 0. The van der Waals surface area contributed by atoms with E-state index in [4.69, 9.17) is 27.9 Å². The van der Waals surface area contributed by atoms with E-state index in [9.17, 15) is 4.79 Å². The van der Waals surface area contributed by atoms with Crippen molar-refractivity contribution in [2.24, 2.45) is 0 Å². The molecule has 2 nitrogen and oxygen atoms in total. The number of benzene rings is 1. The van der Waals surface area contributed by atoms with Crippen molar-refractivity contribution in [2.45, 2.75) is 13.8 Å². The number of hydrogen-bond acceptors (Lipinski definition) is 2. The lowest BCUT2D eigenvalue weighted by molar-refractivity contribution is -0.138. The summed E-state index contributed by atoms with van der Waals surface area (Å²) in [6.45, 7) is 3.81. The second kappa shape index (κ2) is 5.92. The van der Waals surface area contributed by atoms with Gasteiger partial charge in [-0.1, -0.05) is 29.3 Å². The molecule has 0 aliphatic heterocycles. The van der Waals surface area contributed by atoms with Crippen LogP contribution in [0.4, 0.5) is 0 Å². The molecule has 0 bridgehead atoms. The fraction of sp³-hybridized carbons (Fsp3) is 0.250. The van der Waals surface area contributed by atoms with Gasteiger partial charge in [-0.15, -0.1) is 0 Å². The fourth-order valence-corrected chi connectivity index (χ4v) is 1.62. The molecule has 1 aromatic rings. The van der Waals surface area contributed by atoms with Crippen molar-refractivity contribution in [2.75, 3.05) is 6.61 Å². The normalized spacial score (nSPS) is 11.4. The van der Waals surface area contributed by atoms with Gasteiger partial charge < -0.3 is 4.74 Å². The monoisotopic (exact) mass is 258 g/mol. The molecular weight excluding hydrogens is 247 g/mol. The Balaban J connectivity index is 2.94. The number of rotatable bonds is 3. The van der Waals surface area contributed by atoms with Gasteiger partial charge in [0.15, 0.2) is 0 Å². The summed E-state index contributed by atoms with van der Waals surface area (Å²) in [5.41, 5.74) is 1.25. The van der Waals surface area contributed by atoms with Crippen molar-refractivity contribution < 1.29 is 9.53 Å². The predicted molar refractivity (Wildman–Crippen MR) is 66.7 cm³/mol. The van der Waals surface area contributed by atoms with Crippen LogP contribution in [-0.4, -0.2) is 12.6 Å². The Morgan fingerprint density at radius 2 is 2.12 bits per heavy atom. The van der Waals surface area contributed by atoms with Crippen molar-refractivity contribution in [1.29, 1.82) is 0 Å². The molecule has 0 N–H and O–H groups in total. The maximum Gasteiger partial charge on any atom is 0.333 e. The second-order valence-corrected chi connectivity index (χ2v) is 4.06. The summed E-state index contributed by atoms with van der Waals surface area (Å²) in [5.74, 6) is -0.339. The average molecular weight is 259 g/mol. The number of halogens is 2. The minimum atomic E-state index is -0.339. The first-order chi connectivity index (χ1) is 7.54. The highest BCUT2D eigenvalue weighted by Crippen LogP contribution is 2.23. The van der Waals surface area contributed by atoms with E-state index in [2.05, 4.69) is 0 Å². The Morgan fingerprint density at radius 3 is 2.69 bits per heavy atom. The van der Waals surface area contributed by atoms with Gasteiger partial charge in [0.05, 0.1) is 6.61 Å². The molecule has 0 atom stereocenters. The van der Waals surface area contributed by atoms with Crippen molar-refractivity contribution >= 4 is 35.2 Å². The van der Waals surface area contributed by atoms with Crippen molar-refractivity contribution in [3.05, 3.63) is 39.4 Å². The van der Waals surface area contributed by atoms with E-state index in [1.54, 1.807) is 38.1 Å². The van der Waals surface area contributed by atoms with Crippen molar-refractivity contribution in [3.63, 3.8) is 0 Å². The highest BCUT2D eigenvalue weighted by molar-refractivity contribution is 6.35. The number of carbonyl (C=O) groups excluding carboxylic acids is 1. The van der Waals surface area contributed by atoms with Gasteiger partial charge in [0.25, 0.3) is 0 Å². The number of esters is 1. The summed E-state index contributed by atoms with van der Waals surface area (Å²) in [6.07, 6.45) is 1.68. The van der Waals surface area contributed by atoms with Crippen molar-refractivity contribution in [3.8, 4) is 0 Å². The van der Waals surface area contributed by atoms with Crippen LogP contribution < -0.4 is 0 Å². The van der Waals surface area contributed by atoms with E-state index in [-0.39, 0.29) is 5.97 Å². The second-order valence-electron chi connectivity index (χ2n) is 3.21. The van der Waals surface area contributed by atoms with Crippen LogP contribution >= 0.6 is 23.2 Å². The highest BCUT2D eigenvalue weighted by atomic mass is 35.5. The lowest BCUT2D eigenvalue weighted by Gasteiger charge is -2.03. The molecule has 0 saturated heterocycles. The van der Waals surface area contributed by atoms with E-state index in [0.29, 0.717) is 22.2 Å². The molecule has 16 heavy (non-hydrogen) atoms. The maximum absolute atomic E-state index is 11.4. The molecule has 0 spiro atoms. The zero-order valence-electron chi connectivity index (χ0n) is 9.09. The molecule has 0 fully saturated rings. The molecule has 0 heterocycles. The van der Waals surface area contributed by atoms with Crippen LogP contribution in [-0.2, 0) is 9.53 Å². The SMILES string of the molecule is CCOC(=O)C(C)=Cc1ccc(Cl)cc1Cl. The Bertz CT molecular complexity index is 425. The minimum absolute atomic E-state index is 0.339. The van der Waals surface area contributed by atoms with Gasteiger partial charge in [-0.05, 0) is 37.6 Å². The van der Waals surface area contributed by atoms with Crippen LogP contribution in [0.5, 0.6) is 0 Å². The summed E-state index contributed by atoms with van der Waals surface area (Å²) in [5, 5.41) is 1.08. The first-order valence-corrected chi connectivity index (χ1v) is 5.60. The van der Waals surface area contributed by atoms with Crippen LogP contribution in [0.2, 0.25) is 10.0 Å². The van der Waals surface area contributed by atoms with Gasteiger partial charge >= 0.3 is 5.97 Å². The van der Waals surface area contributed by atoms with E-state index in [1.807, 2.05) is 0 Å². The summed E-state index contributed by atoms with van der Waals surface area (Å²) < 4.78 is 4.86. The molecule has 0 aliphatic rings. The Labute approximate surface area is 105 Å². The van der Waals surface area contributed by atoms with E-state index < -0.39 is 0 Å². The molecule has 4 heteroatoms. The topological polar surface area (TPSA) is 26.3 Å². The van der Waals surface area contributed by atoms with Crippen LogP contribution in [0.1, 0.15) is 19.4 Å². The Kier molecular flexibility index (Phi) is 4.84. The lowest BCUT2D eigenvalue weighted by atomic mass is 10.1. The first kappa shape index (κ1) is 13.1. The van der Waals surface area contributed by atoms with Gasteiger partial charge in [-0.3, -0.25) is 0 Å². The summed E-state index contributed by atoms with van der Waals surface area (Å²) in [7, 11) is 0. The molecule has 0 unspecified atom stereocenters. The molecule has 0 aromatic heterocycles.